The molecule has 0 bridgehead atoms. The Labute approximate surface area is 82.2 Å². The number of nitrogens with one attached hydrogen (secondary N) is 2. The van der Waals surface area contributed by atoms with E-state index >= 15 is 0 Å². The number of carbonyl (C=O) groups is 1. The van der Waals surface area contributed by atoms with Crippen molar-refractivity contribution in [3.05, 3.63) is 28.5 Å². The summed E-state index contributed by atoms with van der Waals surface area (Å²) in [6.45, 7) is 3.82. The monoisotopic (exact) mass is 196 g/mol. The molecule has 0 aliphatic heterocycles. The molecule has 0 radical (unpaired) electrons. The standard InChI is InChI=1S/C9H12N2OS/c1-6(2)11-8(12)7-4-3-5-10-9(7)13/h3-6H,1-2H3,(H,10,13)(H,11,12). The van der Waals surface area contributed by atoms with Gasteiger partial charge in [0, 0.05) is 12.2 Å². The smallest absolute Gasteiger partial charge is 0.254 e. The van der Waals surface area contributed by atoms with Gasteiger partial charge in [0.2, 0.25) is 0 Å². The largest absolute Gasteiger partial charge is 0.352 e. The quantitative estimate of drug-likeness (QED) is 0.709. The third-order valence-electron chi connectivity index (χ3n) is 1.48. The molecule has 1 aromatic heterocycles. The van der Waals surface area contributed by atoms with Crippen LogP contribution in [0, 0.1) is 4.64 Å². The fourth-order valence-electron chi connectivity index (χ4n) is 0.940. The van der Waals surface area contributed by atoms with E-state index < -0.39 is 0 Å². The molecule has 0 unspecified atom stereocenters. The second kappa shape index (κ2) is 4.18. The van der Waals surface area contributed by atoms with Gasteiger partial charge in [0.05, 0.1) is 5.56 Å². The average Bonchev–Trinajstić information content (AvgIpc) is 2.03. The summed E-state index contributed by atoms with van der Waals surface area (Å²) in [4.78, 5) is 14.3. The summed E-state index contributed by atoms with van der Waals surface area (Å²) in [6.07, 6.45) is 1.70. The second-order valence-electron chi connectivity index (χ2n) is 3.04. The van der Waals surface area contributed by atoms with Gasteiger partial charge >= 0.3 is 0 Å². The van der Waals surface area contributed by atoms with Crippen LogP contribution in [0.5, 0.6) is 0 Å². The summed E-state index contributed by atoms with van der Waals surface area (Å²) in [5, 5.41) is 2.77. The fourth-order valence-corrected chi connectivity index (χ4v) is 1.17. The number of carbonyl (C=O) groups excluding carboxylic acids is 1. The van der Waals surface area contributed by atoms with Crippen molar-refractivity contribution in [2.24, 2.45) is 0 Å². The Morgan fingerprint density at radius 1 is 1.62 bits per heavy atom. The third-order valence-corrected chi connectivity index (χ3v) is 1.82. The highest BCUT2D eigenvalue weighted by Crippen LogP contribution is 1.99. The first-order valence-electron chi connectivity index (χ1n) is 4.10. The van der Waals surface area contributed by atoms with Crippen LogP contribution < -0.4 is 5.32 Å². The van der Waals surface area contributed by atoms with Crippen molar-refractivity contribution in [2.75, 3.05) is 0 Å². The maximum atomic E-state index is 11.5. The SMILES string of the molecule is CC(C)NC(=O)c1ccc[nH]c1=S. The molecule has 0 saturated heterocycles. The van der Waals surface area contributed by atoms with Crippen LogP contribution in [0.3, 0.4) is 0 Å². The van der Waals surface area contributed by atoms with E-state index in [0.717, 1.165) is 0 Å². The summed E-state index contributed by atoms with van der Waals surface area (Å²) in [6, 6.07) is 3.59. The normalized spacial score (nSPS) is 10.1. The number of hydrogen-bond acceptors (Lipinski definition) is 2. The van der Waals surface area contributed by atoms with Gasteiger partial charge in [-0.2, -0.15) is 0 Å². The van der Waals surface area contributed by atoms with Crippen molar-refractivity contribution in [3.8, 4) is 0 Å². The zero-order valence-corrected chi connectivity index (χ0v) is 8.44. The Balaban J connectivity index is 2.90. The van der Waals surface area contributed by atoms with Crippen LogP contribution in [-0.4, -0.2) is 16.9 Å². The number of H-pyrrole nitrogens is 1. The van der Waals surface area contributed by atoms with Crippen molar-refractivity contribution in [3.63, 3.8) is 0 Å². The van der Waals surface area contributed by atoms with E-state index in [0.29, 0.717) is 10.2 Å². The van der Waals surface area contributed by atoms with Gasteiger partial charge in [0.1, 0.15) is 4.64 Å². The number of aromatic amines is 1. The van der Waals surface area contributed by atoms with E-state index in [1.807, 2.05) is 13.8 Å². The lowest BCUT2D eigenvalue weighted by Gasteiger charge is -2.07. The minimum Gasteiger partial charge on any atom is -0.352 e. The van der Waals surface area contributed by atoms with Crippen molar-refractivity contribution >= 4 is 18.1 Å². The van der Waals surface area contributed by atoms with Crippen LogP contribution in [-0.2, 0) is 0 Å². The molecular weight excluding hydrogens is 184 g/mol. The molecule has 70 valence electrons. The molecule has 0 spiro atoms. The Hall–Kier alpha value is -1.16. The van der Waals surface area contributed by atoms with Crippen LogP contribution in [0.1, 0.15) is 24.2 Å². The van der Waals surface area contributed by atoms with Crippen LogP contribution in [0.2, 0.25) is 0 Å². The first-order valence-corrected chi connectivity index (χ1v) is 4.50. The molecule has 0 atom stereocenters. The topological polar surface area (TPSA) is 44.9 Å². The molecule has 1 aromatic rings. The zero-order valence-electron chi connectivity index (χ0n) is 7.63. The molecule has 0 aliphatic rings. The van der Waals surface area contributed by atoms with Crippen molar-refractivity contribution in [1.29, 1.82) is 0 Å². The molecule has 2 N–H and O–H groups in total. The Kier molecular flexibility index (Phi) is 3.19. The number of hydrogen-bond donors (Lipinski definition) is 2. The number of aromatic nitrogens is 1. The summed E-state index contributed by atoms with van der Waals surface area (Å²) in [5.41, 5.74) is 0.520. The van der Waals surface area contributed by atoms with E-state index in [1.54, 1.807) is 18.3 Å². The van der Waals surface area contributed by atoms with Crippen LogP contribution in [0.25, 0.3) is 0 Å². The molecule has 0 fully saturated rings. The maximum absolute atomic E-state index is 11.5. The minimum absolute atomic E-state index is 0.127. The maximum Gasteiger partial charge on any atom is 0.254 e. The Morgan fingerprint density at radius 2 is 2.31 bits per heavy atom. The predicted octanol–water partition coefficient (Wildman–Crippen LogP) is 1.88. The first-order chi connectivity index (χ1) is 6.11. The average molecular weight is 196 g/mol. The van der Waals surface area contributed by atoms with Gasteiger partial charge in [-0.05, 0) is 26.0 Å². The minimum atomic E-state index is -0.128. The van der Waals surface area contributed by atoms with E-state index in [1.165, 1.54) is 0 Å². The molecule has 1 heterocycles. The van der Waals surface area contributed by atoms with Gasteiger partial charge in [-0.15, -0.1) is 0 Å². The van der Waals surface area contributed by atoms with E-state index in [2.05, 4.69) is 10.3 Å². The van der Waals surface area contributed by atoms with E-state index in [-0.39, 0.29) is 11.9 Å². The van der Waals surface area contributed by atoms with Crippen LogP contribution in [0.4, 0.5) is 0 Å². The van der Waals surface area contributed by atoms with Crippen LogP contribution in [0.15, 0.2) is 18.3 Å². The molecule has 13 heavy (non-hydrogen) atoms. The van der Waals surface area contributed by atoms with Gasteiger partial charge in [0.15, 0.2) is 0 Å². The zero-order chi connectivity index (χ0) is 9.84. The first kappa shape index (κ1) is 9.92. The summed E-state index contributed by atoms with van der Waals surface area (Å²) in [7, 11) is 0. The van der Waals surface area contributed by atoms with Crippen molar-refractivity contribution in [1.82, 2.24) is 10.3 Å². The molecule has 0 aliphatic carbocycles. The third kappa shape index (κ3) is 2.66. The highest BCUT2D eigenvalue weighted by molar-refractivity contribution is 7.71. The second-order valence-corrected chi connectivity index (χ2v) is 3.45. The number of rotatable bonds is 2. The van der Waals surface area contributed by atoms with Gasteiger partial charge in [0.25, 0.3) is 5.91 Å². The van der Waals surface area contributed by atoms with Crippen molar-refractivity contribution in [2.45, 2.75) is 19.9 Å². The van der Waals surface area contributed by atoms with E-state index in [9.17, 15) is 4.79 Å². The van der Waals surface area contributed by atoms with E-state index in [4.69, 9.17) is 12.2 Å². The van der Waals surface area contributed by atoms with Crippen molar-refractivity contribution < 1.29 is 4.79 Å². The summed E-state index contributed by atoms with van der Waals surface area (Å²) in [5.74, 6) is -0.128. The molecule has 1 rings (SSSR count). The fraction of sp³-hybridized carbons (Fsp3) is 0.333. The number of pyridine rings is 1. The Morgan fingerprint density at radius 3 is 2.85 bits per heavy atom. The number of amides is 1. The lowest BCUT2D eigenvalue weighted by atomic mass is 10.2. The summed E-state index contributed by atoms with van der Waals surface area (Å²) >= 11 is 4.96. The lowest BCUT2D eigenvalue weighted by molar-refractivity contribution is 0.0942. The summed E-state index contributed by atoms with van der Waals surface area (Å²) < 4.78 is 0.473. The highest BCUT2D eigenvalue weighted by atomic mass is 32.1. The van der Waals surface area contributed by atoms with Crippen LogP contribution >= 0.6 is 12.2 Å². The van der Waals surface area contributed by atoms with Gasteiger partial charge in [-0.25, -0.2) is 0 Å². The molecule has 3 nitrogen and oxygen atoms in total. The van der Waals surface area contributed by atoms with Gasteiger partial charge < -0.3 is 10.3 Å². The lowest BCUT2D eigenvalue weighted by Crippen LogP contribution is -2.30. The predicted molar refractivity (Wildman–Crippen MR) is 54.2 cm³/mol. The van der Waals surface area contributed by atoms with Gasteiger partial charge in [-0.3, -0.25) is 4.79 Å². The Bertz CT molecular complexity index is 357. The van der Waals surface area contributed by atoms with Gasteiger partial charge in [-0.1, -0.05) is 12.2 Å². The molecule has 0 saturated carbocycles. The molecule has 4 heteroatoms. The highest BCUT2D eigenvalue weighted by Gasteiger charge is 2.07. The molecule has 1 amide bonds. The molecular formula is C9H12N2OS. The molecule has 0 aromatic carbocycles.